The second-order valence-corrected chi connectivity index (χ2v) is 8.87. The standard InChI is InChI=1S/C21H37N7O5S/c1-12(2)7-16(21(32)33)27-20(31)17(10-34)28-19(30)15(8-13-9-24-11-25-13)26-18(29)14(23)5-3-4-6-22/h9,11-12,14-17,34H,3-8,10,22-23H2,1-2H3,(H,24,25)(H,26,29)(H,27,31)(H,28,30)(H,32,33). The summed E-state index contributed by atoms with van der Waals surface area (Å²) < 4.78 is 0. The van der Waals surface area contributed by atoms with Gasteiger partial charge in [0.1, 0.15) is 18.1 Å². The highest BCUT2D eigenvalue weighted by atomic mass is 32.1. The molecule has 3 amide bonds. The lowest BCUT2D eigenvalue weighted by Gasteiger charge is -2.24. The summed E-state index contributed by atoms with van der Waals surface area (Å²) in [7, 11) is 0. The number of imidazole rings is 1. The molecule has 0 aromatic carbocycles. The van der Waals surface area contributed by atoms with E-state index in [4.69, 9.17) is 11.5 Å². The fourth-order valence-electron chi connectivity index (χ4n) is 3.18. The molecule has 0 aliphatic heterocycles. The van der Waals surface area contributed by atoms with E-state index < -0.39 is 47.9 Å². The van der Waals surface area contributed by atoms with Gasteiger partial charge in [-0.25, -0.2) is 9.78 Å². The molecule has 192 valence electrons. The quantitative estimate of drug-likeness (QED) is 0.103. The van der Waals surface area contributed by atoms with Crippen molar-refractivity contribution in [2.45, 2.75) is 70.1 Å². The first-order valence-electron chi connectivity index (χ1n) is 11.3. The van der Waals surface area contributed by atoms with E-state index >= 15 is 0 Å². The first kappa shape index (κ1) is 29.4. The molecule has 12 nitrogen and oxygen atoms in total. The summed E-state index contributed by atoms with van der Waals surface area (Å²) in [5.41, 5.74) is 12.0. The predicted octanol–water partition coefficient (Wildman–Crippen LogP) is -1.08. The third-order valence-corrected chi connectivity index (χ3v) is 5.42. The number of nitrogens with zero attached hydrogens (tertiary/aromatic N) is 1. The van der Waals surface area contributed by atoms with Crippen LogP contribution in [-0.2, 0) is 25.6 Å². The van der Waals surface area contributed by atoms with Crippen LogP contribution < -0.4 is 27.4 Å². The number of hydrogen-bond donors (Lipinski definition) is 8. The Labute approximate surface area is 204 Å². The third-order valence-electron chi connectivity index (χ3n) is 5.06. The van der Waals surface area contributed by atoms with Crippen molar-refractivity contribution < 1.29 is 24.3 Å². The van der Waals surface area contributed by atoms with E-state index in [1.165, 1.54) is 12.5 Å². The molecular formula is C21H37N7O5S. The summed E-state index contributed by atoms with van der Waals surface area (Å²) >= 11 is 4.12. The molecule has 1 aromatic heterocycles. The highest BCUT2D eigenvalue weighted by Gasteiger charge is 2.30. The maximum absolute atomic E-state index is 13.0. The second kappa shape index (κ2) is 15.3. The van der Waals surface area contributed by atoms with Gasteiger partial charge < -0.3 is 37.5 Å². The minimum atomic E-state index is -1.17. The van der Waals surface area contributed by atoms with Gasteiger partial charge >= 0.3 is 5.97 Å². The fourth-order valence-corrected chi connectivity index (χ4v) is 3.43. The van der Waals surface area contributed by atoms with Crippen LogP contribution in [0.25, 0.3) is 0 Å². The van der Waals surface area contributed by atoms with Gasteiger partial charge in [-0.1, -0.05) is 20.3 Å². The van der Waals surface area contributed by atoms with Crippen molar-refractivity contribution in [2.24, 2.45) is 17.4 Å². The summed E-state index contributed by atoms with van der Waals surface area (Å²) in [4.78, 5) is 56.5. The highest BCUT2D eigenvalue weighted by Crippen LogP contribution is 2.07. The van der Waals surface area contributed by atoms with Crippen molar-refractivity contribution in [1.82, 2.24) is 25.9 Å². The van der Waals surface area contributed by atoms with Crippen molar-refractivity contribution in [2.75, 3.05) is 12.3 Å². The minimum Gasteiger partial charge on any atom is -0.480 e. The topological polar surface area (TPSA) is 205 Å². The number of carboxylic acid groups (broad SMARTS) is 1. The Morgan fingerprint density at radius 3 is 2.21 bits per heavy atom. The normalized spacial score (nSPS) is 14.6. The van der Waals surface area contributed by atoms with Crippen molar-refractivity contribution in [3.63, 3.8) is 0 Å². The van der Waals surface area contributed by atoms with E-state index in [0.29, 0.717) is 25.1 Å². The molecule has 1 rings (SSSR count). The Morgan fingerprint density at radius 2 is 1.68 bits per heavy atom. The summed E-state index contributed by atoms with van der Waals surface area (Å²) in [5.74, 6) is -3.03. The molecule has 0 bridgehead atoms. The van der Waals surface area contributed by atoms with E-state index in [2.05, 4.69) is 38.5 Å². The number of rotatable bonds is 16. The lowest BCUT2D eigenvalue weighted by Crippen LogP contribution is -2.58. The molecule has 0 saturated heterocycles. The van der Waals surface area contributed by atoms with Crippen LogP contribution in [0.15, 0.2) is 12.5 Å². The number of thiol groups is 1. The van der Waals surface area contributed by atoms with Gasteiger partial charge in [-0.15, -0.1) is 0 Å². The zero-order valence-corrected chi connectivity index (χ0v) is 20.5. The number of nitrogens with two attached hydrogens (primary N) is 2. The van der Waals surface area contributed by atoms with Gasteiger partial charge in [-0.2, -0.15) is 12.6 Å². The Balaban J connectivity index is 2.88. The van der Waals surface area contributed by atoms with Crippen LogP contribution in [0.5, 0.6) is 0 Å². The van der Waals surface area contributed by atoms with Gasteiger partial charge in [0.2, 0.25) is 17.7 Å². The molecule has 0 aliphatic rings. The number of aromatic nitrogens is 2. The number of carbonyl (C=O) groups excluding carboxylic acids is 3. The zero-order valence-electron chi connectivity index (χ0n) is 19.6. The van der Waals surface area contributed by atoms with Crippen molar-refractivity contribution in [1.29, 1.82) is 0 Å². The number of hydrogen-bond acceptors (Lipinski definition) is 8. The smallest absolute Gasteiger partial charge is 0.326 e. The average Bonchev–Trinajstić information content (AvgIpc) is 3.29. The first-order chi connectivity index (χ1) is 16.1. The van der Waals surface area contributed by atoms with Crippen LogP contribution in [0.4, 0.5) is 0 Å². The molecule has 13 heteroatoms. The number of nitrogens with one attached hydrogen (secondary N) is 4. The molecule has 0 spiro atoms. The largest absolute Gasteiger partial charge is 0.480 e. The number of carbonyl (C=O) groups is 4. The van der Waals surface area contributed by atoms with Gasteiger partial charge in [-0.05, 0) is 31.7 Å². The maximum Gasteiger partial charge on any atom is 0.326 e. The van der Waals surface area contributed by atoms with Crippen LogP contribution in [0.2, 0.25) is 0 Å². The molecule has 0 radical (unpaired) electrons. The van der Waals surface area contributed by atoms with E-state index in [1.54, 1.807) is 0 Å². The van der Waals surface area contributed by atoms with E-state index in [0.717, 1.165) is 6.42 Å². The molecule has 4 unspecified atom stereocenters. The lowest BCUT2D eigenvalue weighted by molar-refractivity contribution is -0.142. The molecule has 0 aliphatic carbocycles. The first-order valence-corrected chi connectivity index (χ1v) is 11.9. The number of H-pyrrole nitrogens is 1. The molecule has 1 heterocycles. The molecule has 9 N–H and O–H groups in total. The molecular weight excluding hydrogens is 462 g/mol. The van der Waals surface area contributed by atoms with Crippen molar-refractivity contribution in [3.8, 4) is 0 Å². The average molecular weight is 500 g/mol. The molecule has 4 atom stereocenters. The van der Waals surface area contributed by atoms with Gasteiger partial charge in [0.15, 0.2) is 0 Å². The summed E-state index contributed by atoms with van der Waals surface area (Å²) in [5, 5.41) is 17.0. The summed E-state index contributed by atoms with van der Waals surface area (Å²) in [6.07, 6.45) is 5.08. The number of carboxylic acids is 1. The van der Waals surface area contributed by atoms with Crippen molar-refractivity contribution in [3.05, 3.63) is 18.2 Å². The molecule has 34 heavy (non-hydrogen) atoms. The maximum atomic E-state index is 13.0. The Morgan fingerprint density at radius 1 is 1.06 bits per heavy atom. The molecule has 0 fully saturated rings. The van der Waals surface area contributed by atoms with Crippen LogP contribution in [0.3, 0.4) is 0 Å². The Hall–Kier alpha value is -2.64. The molecule has 1 aromatic rings. The zero-order chi connectivity index (χ0) is 25.7. The van der Waals surface area contributed by atoms with Gasteiger partial charge in [0.25, 0.3) is 0 Å². The lowest BCUT2D eigenvalue weighted by atomic mass is 10.0. The second-order valence-electron chi connectivity index (χ2n) is 8.51. The minimum absolute atomic E-state index is 0.0356. The predicted molar refractivity (Wildman–Crippen MR) is 130 cm³/mol. The number of amides is 3. The Bertz CT molecular complexity index is 790. The SMILES string of the molecule is CC(C)CC(NC(=O)C(CS)NC(=O)C(Cc1cnc[nH]1)NC(=O)C(N)CCCCN)C(=O)O. The van der Waals surface area contributed by atoms with E-state index in [1.807, 2.05) is 13.8 Å². The third kappa shape index (κ3) is 10.5. The van der Waals surface area contributed by atoms with Crippen LogP contribution in [-0.4, -0.2) is 75.2 Å². The van der Waals surface area contributed by atoms with Crippen LogP contribution in [0, 0.1) is 5.92 Å². The van der Waals surface area contributed by atoms with Crippen LogP contribution in [0.1, 0.15) is 45.2 Å². The number of aliphatic carboxylic acids is 1. The van der Waals surface area contributed by atoms with Crippen molar-refractivity contribution >= 4 is 36.3 Å². The van der Waals surface area contributed by atoms with E-state index in [-0.39, 0.29) is 24.5 Å². The van der Waals surface area contributed by atoms with Gasteiger partial charge in [-0.3, -0.25) is 14.4 Å². The van der Waals surface area contributed by atoms with E-state index in [9.17, 15) is 24.3 Å². The van der Waals surface area contributed by atoms with Crippen LogP contribution >= 0.6 is 12.6 Å². The number of unbranched alkanes of at least 4 members (excludes halogenated alkanes) is 1. The molecule has 0 saturated carbocycles. The van der Waals surface area contributed by atoms with Gasteiger partial charge in [0.05, 0.1) is 12.4 Å². The number of aromatic amines is 1. The monoisotopic (exact) mass is 499 g/mol. The van der Waals surface area contributed by atoms with Gasteiger partial charge in [0, 0.05) is 24.1 Å². The Kier molecular flexibility index (Phi) is 13.2. The summed E-state index contributed by atoms with van der Waals surface area (Å²) in [6, 6.07) is -4.07. The fraction of sp³-hybridized carbons (Fsp3) is 0.667. The summed E-state index contributed by atoms with van der Waals surface area (Å²) in [6.45, 7) is 4.17. The highest BCUT2D eigenvalue weighted by molar-refractivity contribution is 7.80.